The molecule has 3 nitrogen and oxygen atoms in total. The molecule has 1 fully saturated rings. The van der Waals surface area contributed by atoms with Crippen molar-refractivity contribution in [3.8, 4) is 0 Å². The number of nitrogens with zero attached hydrogens (tertiary/aromatic N) is 2. The Morgan fingerprint density at radius 3 is 2.75 bits per heavy atom. The van der Waals surface area contributed by atoms with Crippen molar-refractivity contribution in [3.63, 3.8) is 0 Å². The van der Waals surface area contributed by atoms with Gasteiger partial charge in [0.25, 0.3) is 5.56 Å². The Morgan fingerprint density at radius 1 is 1.50 bits per heavy atom. The first-order valence-electron chi connectivity index (χ1n) is 3.62. The van der Waals surface area contributed by atoms with E-state index in [0.717, 1.165) is 12.8 Å². The van der Waals surface area contributed by atoms with Crippen molar-refractivity contribution in [2.45, 2.75) is 18.9 Å². The maximum absolute atomic E-state index is 11.4. The van der Waals surface area contributed by atoms with E-state index in [0.29, 0.717) is 15.2 Å². The van der Waals surface area contributed by atoms with Crippen molar-refractivity contribution in [2.24, 2.45) is 0 Å². The average molecular weight is 294 g/mol. The van der Waals surface area contributed by atoms with Crippen molar-refractivity contribution in [1.29, 1.82) is 0 Å². The van der Waals surface area contributed by atoms with Crippen LogP contribution in [0.25, 0.3) is 0 Å². The molecular formula is C7H6Br2N2O. The van der Waals surface area contributed by atoms with Gasteiger partial charge in [0, 0.05) is 12.2 Å². The zero-order chi connectivity index (χ0) is 8.72. The van der Waals surface area contributed by atoms with Gasteiger partial charge in [0.2, 0.25) is 0 Å². The normalized spacial score (nSPS) is 16.5. The van der Waals surface area contributed by atoms with Crippen LogP contribution in [0.4, 0.5) is 0 Å². The third-order valence-electron chi connectivity index (χ3n) is 1.80. The van der Waals surface area contributed by atoms with E-state index < -0.39 is 0 Å². The van der Waals surface area contributed by atoms with E-state index in [9.17, 15) is 4.79 Å². The minimum atomic E-state index is -0.0410. The molecule has 0 spiro atoms. The van der Waals surface area contributed by atoms with Crippen LogP contribution in [-0.4, -0.2) is 9.55 Å². The summed E-state index contributed by atoms with van der Waals surface area (Å²) in [4.78, 5) is 15.4. The Bertz CT molecular complexity index is 370. The maximum Gasteiger partial charge on any atom is 0.283 e. The molecule has 2 rings (SSSR count). The highest BCUT2D eigenvalue weighted by Crippen LogP contribution is 2.33. The second-order valence-electron chi connectivity index (χ2n) is 2.80. The Kier molecular flexibility index (Phi) is 2.08. The Hall–Kier alpha value is -0.160. The Balaban J connectivity index is 2.58. The smallest absolute Gasteiger partial charge is 0.283 e. The van der Waals surface area contributed by atoms with Crippen LogP contribution in [0.3, 0.4) is 0 Å². The lowest BCUT2D eigenvalue weighted by molar-refractivity contribution is 0.688. The molecule has 1 aromatic heterocycles. The quantitative estimate of drug-likeness (QED) is 0.795. The highest BCUT2D eigenvalue weighted by molar-refractivity contribution is 9.11. The molecule has 1 aliphatic carbocycles. The lowest BCUT2D eigenvalue weighted by Crippen LogP contribution is -2.20. The first-order valence-corrected chi connectivity index (χ1v) is 5.21. The average Bonchev–Trinajstić information content (AvgIpc) is 2.79. The van der Waals surface area contributed by atoms with Crippen LogP contribution in [0.2, 0.25) is 0 Å². The van der Waals surface area contributed by atoms with Crippen molar-refractivity contribution >= 4 is 31.9 Å². The molecule has 0 aliphatic heterocycles. The molecule has 1 aliphatic rings. The summed E-state index contributed by atoms with van der Waals surface area (Å²) in [7, 11) is 0. The zero-order valence-corrected chi connectivity index (χ0v) is 9.30. The van der Waals surface area contributed by atoms with Crippen molar-refractivity contribution in [3.05, 3.63) is 25.8 Å². The van der Waals surface area contributed by atoms with Crippen LogP contribution in [0.1, 0.15) is 18.9 Å². The van der Waals surface area contributed by atoms with Crippen LogP contribution in [0.5, 0.6) is 0 Å². The molecule has 0 amide bonds. The summed E-state index contributed by atoms with van der Waals surface area (Å²) >= 11 is 6.36. The molecule has 0 radical (unpaired) electrons. The van der Waals surface area contributed by atoms with E-state index in [4.69, 9.17) is 0 Å². The van der Waals surface area contributed by atoms with E-state index >= 15 is 0 Å². The SMILES string of the molecule is O=c1c(Br)nc(Br)cn1C1CC1. The fourth-order valence-corrected chi connectivity index (χ4v) is 2.11. The number of aromatic nitrogens is 2. The summed E-state index contributed by atoms with van der Waals surface area (Å²) in [5.74, 6) is 0. The van der Waals surface area contributed by atoms with Crippen molar-refractivity contribution < 1.29 is 0 Å². The largest absolute Gasteiger partial charge is 0.307 e. The highest BCUT2D eigenvalue weighted by atomic mass is 79.9. The summed E-state index contributed by atoms with van der Waals surface area (Å²) in [6, 6.07) is 0.396. The van der Waals surface area contributed by atoms with Crippen LogP contribution < -0.4 is 5.56 Å². The van der Waals surface area contributed by atoms with Gasteiger partial charge < -0.3 is 4.57 Å². The van der Waals surface area contributed by atoms with E-state index in [1.807, 2.05) is 0 Å². The molecule has 0 atom stereocenters. The predicted molar refractivity (Wildman–Crippen MR) is 52.2 cm³/mol. The minimum absolute atomic E-state index is 0.0410. The van der Waals surface area contributed by atoms with Gasteiger partial charge >= 0.3 is 0 Å². The second-order valence-corrected chi connectivity index (χ2v) is 4.36. The highest BCUT2D eigenvalue weighted by Gasteiger charge is 2.25. The molecule has 1 heterocycles. The number of halogens is 2. The molecule has 1 aromatic rings. The first-order chi connectivity index (χ1) is 5.68. The molecule has 0 N–H and O–H groups in total. The van der Waals surface area contributed by atoms with Crippen molar-refractivity contribution in [2.75, 3.05) is 0 Å². The van der Waals surface area contributed by atoms with Crippen LogP contribution in [0.15, 0.2) is 20.2 Å². The molecule has 0 bridgehead atoms. The third kappa shape index (κ3) is 1.47. The molecule has 0 aromatic carbocycles. The monoisotopic (exact) mass is 292 g/mol. The summed E-state index contributed by atoms with van der Waals surface area (Å²) in [6.45, 7) is 0. The summed E-state index contributed by atoms with van der Waals surface area (Å²) < 4.78 is 2.80. The fraction of sp³-hybridized carbons (Fsp3) is 0.429. The van der Waals surface area contributed by atoms with Gasteiger partial charge in [0.15, 0.2) is 4.60 Å². The third-order valence-corrected chi connectivity index (χ3v) is 2.70. The number of hydrogen-bond acceptors (Lipinski definition) is 2. The molecule has 0 saturated heterocycles. The summed E-state index contributed by atoms with van der Waals surface area (Å²) in [6.07, 6.45) is 3.94. The second kappa shape index (κ2) is 2.96. The molecule has 5 heteroatoms. The van der Waals surface area contributed by atoms with Crippen LogP contribution in [-0.2, 0) is 0 Å². The predicted octanol–water partition coefficient (Wildman–Crippen LogP) is 2.10. The van der Waals surface area contributed by atoms with Gasteiger partial charge in [-0.3, -0.25) is 4.79 Å². The summed E-state index contributed by atoms with van der Waals surface area (Å²) in [5.41, 5.74) is -0.0410. The zero-order valence-electron chi connectivity index (χ0n) is 6.13. The van der Waals surface area contributed by atoms with E-state index in [2.05, 4.69) is 36.8 Å². The van der Waals surface area contributed by atoms with E-state index in [-0.39, 0.29) is 5.56 Å². The van der Waals surface area contributed by atoms with E-state index in [1.165, 1.54) is 0 Å². The molecule has 0 unspecified atom stereocenters. The van der Waals surface area contributed by atoms with Crippen LogP contribution >= 0.6 is 31.9 Å². The van der Waals surface area contributed by atoms with Gasteiger partial charge in [-0.25, -0.2) is 4.98 Å². The molecule has 1 saturated carbocycles. The standard InChI is InChI=1S/C7H6Br2N2O/c8-5-3-11(4-1-2-4)7(12)6(9)10-5/h3-4H,1-2H2. The van der Waals surface area contributed by atoms with Gasteiger partial charge in [-0.2, -0.15) is 0 Å². The first kappa shape index (κ1) is 8.44. The van der Waals surface area contributed by atoms with E-state index in [1.54, 1.807) is 10.8 Å². The number of hydrogen-bond donors (Lipinski definition) is 0. The van der Waals surface area contributed by atoms with Gasteiger partial charge in [-0.05, 0) is 44.7 Å². The van der Waals surface area contributed by atoms with Crippen molar-refractivity contribution in [1.82, 2.24) is 9.55 Å². The fourth-order valence-electron chi connectivity index (χ4n) is 1.07. The Morgan fingerprint density at radius 2 is 2.17 bits per heavy atom. The van der Waals surface area contributed by atoms with Gasteiger partial charge in [0.1, 0.15) is 4.60 Å². The number of rotatable bonds is 1. The Labute approximate surface area is 86.1 Å². The summed E-state index contributed by atoms with van der Waals surface area (Å²) in [5, 5.41) is 0. The lowest BCUT2D eigenvalue weighted by atomic mass is 10.6. The van der Waals surface area contributed by atoms with Gasteiger partial charge in [0.05, 0.1) is 0 Å². The topological polar surface area (TPSA) is 34.9 Å². The molecule has 64 valence electrons. The van der Waals surface area contributed by atoms with Gasteiger partial charge in [-0.1, -0.05) is 0 Å². The lowest BCUT2D eigenvalue weighted by Gasteiger charge is -2.02. The maximum atomic E-state index is 11.4. The molecule has 12 heavy (non-hydrogen) atoms. The minimum Gasteiger partial charge on any atom is -0.307 e. The molecular weight excluding hydrogens is 288 g/mol. The van der Waals surface area contributed by atoms with Crippen LogP contribution in [0, 0.1) is 0 Å². The van der Waals surface area contributed by atoms with Gasteiger partial charge in [-0.15, -0.1) is 0 Å².